The number of thioether (sulfide) groups is 1. The summed E-state index contributed by atoms with van der Waals surface area (Å²) in [5.41, 5.74) is 1.06. The minimum Gasteiger partial charge on any atom is -0.451 e. The molecule has 0 aliphatic carbocycles. The van der Waals surface area contributed by atoms with Crippen LogP contribution in [0.4, 0.5) is 4.39 Å². The maximum absolute atomic E-state index is 13.5. The Balaban J connectivity index is 1.60. The predicted octanol–water partition coefficient (Wildman–Crippen LogP) is 2.25. The zero-order valence-electron chi connectivity index (χ0n) is 14.4. The lowest BCUT2D eigenvalue weighted by Gasteiger charge is -2.31. The highest BCUT2D eigenvalue weighted by molar-refractivity contribution is 7.99. The molecule has 0 N–H and O–H groups in total. The van der Waals surface area contributed by atoms with Gasteiger partial charge in [0, 0.05) is 29.8 Å². The Bertz CT molecular complexity index is 862. The van der Waals surface area contributed by atoms with Crippen molar-refractivity contribution >= 4 is 34.5 Å². The van der Waals surface area contributed by atoms with Gasteiger partial charge in [0.05, 0.1) is 19.1 Å². The Labute approximate surface area is 154 Å². The molecule has 0 bridgehead atoms. The van der Waals surface area contributed by atoms with Crippen LogP contribution in [0.5, 0.6) is 0 Å². The maximum atomic E-state index is 13.5. The Morgan fingerprint density at radius 3 is 2.81 bits per heavy atom. The van der Waals surface area contributed by atoms with Crippen molar-refractivity contribution in [1.82, 2.24) is 9.80 Å². The van der Waals surface area contributed by atoms with Crippen LogP contribution >= 0.6 is 11.8 Å². The lowest BCUT2D eigenvalue weighted by molar-refractivity contribution is -0.138. The van der Waals surface area contributed by atoms with Crippen LogP contribution in [0.25, 0.3) is 11.0 Å². The predicted molar refractivity (Wildman–Crippen MR) is 95.6 cm³/mol. The molecule has 1 aromatic heterocycles. The van der Waals surface area contributed by atoms with Gasteiger partial charge in [-0.25, -0.2) is 4.39 Å². The smallest absolute Gasteiger partial charge is 0.291 e. The first kappa shape index (κ1) is 17.4. The Kier molecular flexibility index (Phi) is 4.62. The molecule has 3 heterocycles. The number of carbonyl (C=O) groups is 2. The number of hydrogen-bond donors (Lipinski definition) is 0. The first-order valence-corrected chi connectivity index (χ1v) is 9.65. The Morgan fingerprint density at radius 1 is 1.27 bits per heavy atom. The monoisotopic (exact) mass is 378 g/mol. The van der Waals surface area contributed by atoms with Gasteiger partial charge < -0.3 is 19.0 Å². The van der Waals surface area contributed by atoms with Crippen molar-refractivity contribution in [2.24, 2.45) is 0 Å². The lowest BCUT2D eigenvalue weighted by Crippen LogP contribution is -2.52. The molecule has 4 rings (SSSR count). The van der Waals surface area contributed by atoms with Crippen molar-refractivity contribution in [3.8, 4) is 0 Å². The number of nitrogens with zero attached hydrogens (tertiary/aromatic N) is 2. The van der Waals surface area contributed by atoms with E-state index in [1.165, 1.54) is 18.2 Å². The van der Waals surface area contributed by atoms with Gasteiger partial charge in [0.1, 0.15) is 17.4 Å². The van der Waals surface area contributed by atoms with Gasteiger partial charge >= 0.3 is 0 Å². The number of rotatable bonds is 2. The summed E-state index contributed by atoms with van der Waals surface area (Å²) in [6.45, 7) is 3.87. The topological polar surface area (TPSA) is 63.0 Å². The molecule has 2 saturated heterocycles. The summed E-state index contributed by atoms with van der Waals surface area (Å²) in [7, 11) is 0. The van der Waals surface area contributed by atoms with Gasteiger partial charge in [-0.3, -0.25) is 9.59 Å². The summed E-state index contributed by atoms with van der Waals surface area (Å²) in [5, 5.41) is 0.580. The molecule has 1 atom stereocenters. The average molecular weight is 378 g/mol. The Morgan fingerprint density at radius 2 is 2.04 bits per heavy atom. The van der Waals surface area contributed by atoms with E-state index in [1.807, 2.05) is 0 Å². The first-order valence-electron chi connectivity index (χ1n) is 8.50. The fourth-order valence-electron chi connectivity index (χ4n) is 3.37. The first-order chi connectivity index (χ1) is 12.6. The van der Waals surface area contributed by atoms with Crippen molar-refractivity contribution < 1.29 is 23.1 Å². The number of aryl methyl sites for hydroxylation is 1. The van der Waals surface area contributed by atoms with Crippen LogP contribution in [0, 0.1) is 12.7 Å². The highest BCUT2D eigenvalue weighted by Crippen LogP contribution is 2.30. The average Bonchev–Trinajstić information content (AvgIpc) is 3.27. The van der Waals surface area contributed by atoms with E-state index in [2.05, 4.69) is 0 Å². The fourth-order valence-corrected chi connectivity index (χ4v) is 4.51. The van der Waals surface area contributed by atoms with Crippen molar-refractivity contribution in [3.63, 3.8) is 0 Å². The number of carbonyl (C=O) groups excluding carboxylic acids is 2. The molecule has 1 aromatic carbocycles. The highest BCUT2D eigenvalue weighted by Gasteiger charge is 2.39. The molecule has 0 radical (unpaired) electrons. The molecule has 2 amide bonds. The van der Waals surface area contributed by atoms with Gasteiger partial charge in [-0.1, -0.05) is 0 Å². The van der Waals surface area contributed by atoms with Gasteiger partial charge in [0.2, 0.25) is 5.91 Å². The Hall–Kier alpha value is -2.06. The minimum absolute atomic E-state index is 0.0496. The third-order valence-corrected chi connectivity index (χ3v) is 5.86. The van der Waals surface area contributed by atoms with E-state index in [0.717, 1.165) is 0 Å². The maximum Gasteiger partial charge on any atom is 0.291 e. The summed E-state index contributed by atoms with van der Waals surface area (Å²) >= 11 is 1.55. The molecule has 0 saturated carbocycles. The van der Waals surface area contributed by atoms with Crippen molar-refractivity contribution in [3.05, 3.63) is 35.3 Å². The summed E-state index contributed by atoms with van der Waals surface area (Å²) < 4.78 is 24.5. The van der Waals surface area contributed by atoms with E-state index in [-0.39, 0.29) is 23.4 Å². The molecule has 2 aliphatic heterocycles. The van der Waals surface area contributed by atoms with Crippen LogP contribution in [0.2, 0.25) is 0 Å². The number of fused-ring (bicyclic) bond motifs is 1. The molecular formula is C18H19FN2O4S. The normalized spacial score (nSPS) is 20.8. The van der Waals surface area contributed by atoms with E-state index in [9.17, 15) is 14.0 Å². The van der Waals surface area contributed by atoms with Crippen LogP contribution in [-0.4, -0.2) is 65.6 Å². The molecule has 8 heteroatoms. The summed E-state index contributed by atoms with van der Waals surface area (Å²) in [5.74, 6) is 0.424. The number of hydrogen-bond acceptors (Lipinski definition) is 5. The molecule has 0 unspecified atom stereocenters. The molecule has 2 aromatic rings. The van der Waals surface area contributed by atoms with Crippen LogP contribution in [0.1, 0.15) is 16.1 Å². The largest absolute Gasteiger partial charge is 0.451 e. The molecule has 138 valence electrons. The second kappa shape index (κ2) is 6.92. The molecule has 6 nitrogen and oxygen atoms in total. The number of benzene rings is 1. The number of amides is 2. The molecular weight excluding hydrogens is 359 g/mol. The third kappa shape index (κ3) is 2.97. The van der Waals surface area contributed by atoms with Crippen molar-refractivity contribution in [2.75, 3.05) is 37.9 Å². The van der Waals surface area contributed by atoms with Gasteiger partial charge in [0.25, 0.3) is 5.91 Å². The third-order valence-electron chi connectivity index (χ3n) is 4.84. The number of ether oxygens (including phenoxy) is 1. The molecule has 2 aliphatic rings. The number of halogens is 1. The SMILES string of the molecule is Cc1c(C(=O)N2CSC[C@@H]2C(=O)N2CCOCC2)oc2ccc(F)cc12. The summed E-state index contributed by atoms with van der Waals surface area (Å²) in [4.78, 5) is 29.2. The van der Waals surface area contributed by atoms with Gasteiger partial charge in [0.15, 0.2) is 5.76 Å². The van der Waals surface area contributed by atoms with E-state index in [0.29, 0.717) is 54.5 Å². The summed E-state index contributed by atoms with van der Waals surface area (Å²) in [6.07, 6.45) is 0. The van der Waals surface area contributed by atoms with Crippen LogP contribution < -0.4 is 0 Å². The number of furan rings is 1. The van der Waals surface area contributed by atoms with Crippen LogP contribution in [-0.2, 0) is 9.53 Å². The second-order valence-electron chi connectivity index (χ2n) is 6.42. The minimum atomic E-state index is -0.505. The van der Waals surface area contributed by atoms with E-state index >= 15 is 0 Å². The van der Waals surface area contributed by atoms with Crippen molar-refractivity contribution in [2.45, 2.75) is 13.0 Å². The van der Waals surface area contributed by atoms with Gasteiger partial charge in [-0.05, 0) is 25.1 Å². The van der Waals surface area contributed by atoms with Gasteiger partial charge in [-0.2, -0.15) is 0 Å². The number of morpholine rings is 1. The standard InChI is InChI=1S/C18H19FN2O4S/c1-11-13-8-12(19)2-3-15(13)25-16(11)18(23)21-10-26-9-14(21)17(22)20-4-6-24-7-5-20/h2-3,8,14H,4-7,9-10H2,1H3/t14-/m1/s1. The zero-order valence-corrected chi connectivity index (χ0v) is 15.2. The lowest BCUT2D eigenvalue weighted by atomic mass is 10.1. The highest BCUT2D eigenvalue weighted by atomic mass is 32.2. The second-order valence-corrected chi connectivity index (χ2v) is 7.42. The van der Waals surface area contributed by atoms with Crippen LogP contribution in [0.3, 0.4) is 0 Å². The quantitative estimate of drug-likeness (QED) is 0.802. The van der Waals surface area contributed by atoms with Crippen LogP contribution in [0.15, 0.2) is 22.6 Å². The van der Waals surface area contributed by atoms with Gasteiger partial charge in [-0.15, -0.1) is 11.8 Å². The van der Waals surface area contributed by atoms with E-state index in [1.54, 1.807) is 28.5 Å². The zero-order chi connectivity index (χ0) is 18.3. The molecule has 26 heavy (non-hydrogen) atoms. The summed E-state index contributed by atoms with van der Waals surface area (Å²) in [6, 6.07) is 3.68. The van der Waals surface area contributed by atoms with E-state index < -0.39 is 6.04 Å². The van der Waals surface area contributed by atoms with Crippen molar-refractivity contribution in [1.29, 1.82) is 0 Å². The molecule has 0 spiro atoms. The molecule has 2 fully saturated rings. The fraction of sp³-hybridized carbons (Fsp3) is 0.444. The van der Waals surface area contributed by atoms with E-state index in [4.69, 9.17) is 9.15 Å².